The molecule has 0 unspecified atom stereocenters. The molecule has 0 aliphatic carbocycles. The summed E-state index contributed by atoms with van der Waals surface area (Å²) in [5.74, 6) is 0.203. The number of amides is 1. The van der Waals surface area contributed by atoms with Gasteiger partial charge in [0.25, 0.3) is 0 Å². The molecule has 1 aliphatic rings. The number of rotatable bonds is 3. The molecule has 1 saturated heterocycles. The Balaban J connectivity index is 2.51. The molecule has 0 saturated carbocycles. The molecule has 0 aromatic carbocycles. The lowest BCUT2D eigenvalue weighted by atomic mass is 10.1. The van der Waals surface area contributed by atoms with Crippen molar-refractivity contribution in [3.05, 3.63) is 0 Å². The fourth-order valence-electron chi connectivity index (χ4n) is 1.54. The molecule has 1 atom stereocenters. The van der Waals surface area contributed by atoms with Gasteiger partial charge in [-0.2, -0.15) is 0 Å². The zero-order valence-electron chi connectivity index (χ0n) is 7.92. The molecule has 0 N–H and O–H groups in total. The maximum atomic E-state index is 11.3. The topological polar surface area (TPSA) is 37.4 Å². The van der Waals surface area contributed by atoms with E-state index in [-0.39, 0.29) is 23.5 Å². The molecule has 3 nitrogen and oxygen atoms in total. The minimum absolute atomic E-state index is 0.0488. The number of carbonyl (C=O) groups excluding carboxylic acids is 2. The molecule has 1 rings (SSSR count). The van der Waals surface area contributed by atoms with Crippen LogP contribution in [0.2, 0.25) is 0 Å². The van der Waals surface area contributed by atoms with Gasteiger partial charge in [-0.1, -0.05) is 13.8 Å². The van der Waals surface area contributed by atoms with Crippen LogP contribution in [0, 0.1) is 11.8 Å². The molecule has 1 fully saturated rings. The van der Waals surface area contributed by atoms with Crippen molar-refractivity contribution in [3.63, 3.8) is 0 Å². The van der Waals surface area contributed by atoms with Gasteiger partial charge in [0.2, 0.25) is 11.1 Å². The van der Waals surface area contributed by atoms with Gasteiger partial charge in [-0.15, -0.1) is 0 Å². The van der Waals surface area contributed by atoms with Crippen molar-refractivity contribution in [1.29, 1.82) is 0 Å². The molecule has 0 aromatic heterocycles. The van der Waals surface area contributed by atoms with Crippen molar-refractivity contribution in [1.82, 2.24) is 4.90 Å². The van der Waals surface area contributed by atoms with Gasteiger partial charge in [0.05, 0.1) is 5.92 Å². The average Bonchev–Trinajstić information content (AvgIpc) is 2.31. The Morgan fingerprint density at radius 3 is 2.69 bits per heavy atom. The standard InChI is InChI=1S/C9H14ClNO2/c1-6(2)4-11-5-7(9(10)13)3-8(11)12/h6-7H,3-5H2,1-2H3/t7-/m0/s1. The fourth-order valence-corrected chi connectivity index (χ4v) is 1.69. The Morgan fingerprint density at radius 1 is 1.69 bits per heavy atom. The second kappa shape index (κ2) is 4.09. The molecule has 0 bridgehead atoms. The van der Waals surface area contributed by atoms with Crippen LogP contribution < -0.4 is 0 Å². The summed E-state index contributed by atoms with van der Waals surface area (Å²) < 4.78 is 0. The summed E-state index contributed by atoms with van der Waals surface area (Å²) in [7, 11) is 0. The second-order valence-corrected chi connectivity index (χ2v) is 4.27. The highest BCUT2D eigenvalue weighted by Crippen LogP contribution is 2.20. The maximum absolute atomic E-state index is 11.3. The van der Waals surface area contributed by atoms with Gasteiger partial charge in [-0.3, -0.25) is 9.59 Å². The smallest absolute Gasteiger partial charge is 0.227 e. The Morgan fingerprint density at radius 2 is 2.31 bits per heavy atom. The van der Waals surface area contributed by atoms with Crippen LogP contribution in [0.1, 0.15) is 20.3 Å². The lowest BCUT2D eigenvalue weighted by Crippen LogP contribution is -2.29. The van der Waals surface area contributed by atoms with E-state index in [1.165, 1.54) is 0 Å². The van der Waals surface area contributed by atoms with E-state index in [0.717, 1.165) is 6.54 Å². The molecule has 1 heterocycles. The van der Waals surface area contributed by atoms with E-state index in [1.54, 1.807) is 4.90 Å². The average molecular weight is 204 g/mol. The van der Waals surface area contributed by atoms with Crippen LogP contribution in [0.25, 0.3) is 0 Å². The van der Waals surface area contributed by atoms with Gasteiger partial charge in [0, 0.05) is 19.5 Å². The minimum Gasteiger partial charge on any atom is -0.342 e. The lowest BCUT2D eigenvalue weighted by molar-refractivity contribution is -0.128. The first-order valence-corrected chi connectivity index (χ1v) is 4.85. The highest BCUT2D eigenvalue weighted by atomic mass is 35.5. The third-order valence-electron chi connectivity index (χ3n) is 2.12. The predicted molar refractivity (Wildman–Crippen MR) is 50.4 cm³/mol. The second-order valence-electron chi connectivity index (χ2n) is 3.90. The SMILES string of the molecule is CC(C)CN1C[C@@H](C(=O)Cl)CC1=O. The van der Waals surface area contributed by atoms with Crippen molar-refractivity contribution in [3.8, 4) is 0 Å². The largest absolute Gasteiger partial charge is 0.342 e. The number of carbonyl (C=O) groups is 2. The van der Waals surface area contributed by atoms with Gasteiger partial charge in [0.15, 0.2) is 0 Å². The molecular weight excluding hydrogens is 190 g/mol. The van der Waals surface area contributed by atoms with Gasteiger partial charge >= 0.3 is 0 Å². The van der Waals surface area contributed by atoms with Crippen LogP contribution >= 0.6 is 11.6 Å². The zero-order valence-corrected chi connectivity index (χ0v) is 8.67. The van der Waals surface area contributed by atoms with Crippen LogP contribution in [-0.2, 0) is 9.59 Å². The number of likely N-dealkylation sites (tertiary alicyclic amines) is 1. The number of halogens is 1. The van der Waals surface area contributed by atoms with Crippen molar-refractivity contribution >= 4 is 22.8 Å². The number of nitrogens with zero attached hydrogens (tertiary/aromatic N) is 1. The van der Waals surface area contributed by atoms with Gasteiger partial charge in [-0.05, 0) is 17.5 Å². The van der Waals surface area contributed by atoms with Crippen LogP contribution in [0.3, 0.4) is 0 Å². The van der Waals surface area contributed by atoms with E-state index in [9.17, 15) is 9.59 Å². The minimum atomic E-state index is -0.389. The lowest BCUT2D eigenvalue weighted by Gasteiger charge is -2.17. The quantitative estimate of drug-likeness (QED) is 0.648. The first kappa shape index (κ1) is 10.5. The van der Waals surface area contributed by atoms with E-state index in [1.807, 2.05) is 13.8 Å². The molecule has 0 spiro atoms. The molecule has 0 aromatic rings. The summed E-state index contributed by atoms with van der Waals surface area (Å²) in [4.78, 5) is 23.9. The summed E-state index contributed by atoms with van der Waals surface area (Å²) in [6.45, 7) is 5.31. The Kier molecular flexibility index (Phi) is 3.31. The van der Waals surface area contributed by atoms with Crippen molar-refractivity contribution in [2.24, 2.45) is 11.8 Å². The Labute approximate surface area is 83.0 Å². The third kappa shape index (κ3) is 2.69. The first-order valence-electron chi connectivity index (χ1n) is 4.47. The number of hydrogen-bond donors (Lipinski definition) is 0. The molecule has 13 heavy (non-hydrogen) atoms. The summed E-state index contributed by atoms with van der Waals surface area (Å²) in [5, 5.41) is -0.389. The molecular formula is C9H14ClNO2. The van der Waals surface area contributed by atoms with Crippen molar-refractivity contribution in [2.75, 3.05) is 13.1 Å². The van der Waals surface area contributed by atoms with E-state index >= 15 is 0 Å². The van der Waals surface area contributed by atoms with Gasteiger partial charge in [-0.25, -0.2) is 0 Å². The van der Waals surface area contributed by atoms with E-state index in [0.29, 0.717) is 12.5 Å². The molecule has 0 radical (unpaired) electrons. The summed E-state index contributed by atoms with van der Waals surface area (Å²) in [6, 6.07) is 0. The van der Waals surface area contributed by atoms with Crippen LogP contribution in [0.15, 0.2) is 0 Å². The third-order valence-corrected chi connectivity index (χ3v) is 2.43. The predicted octanol–water partition coefficient (Wildman–Crippen LogP) is 1.26. The van der Waals surface area contributed by atoms with Crippen LogP contribution in [0.5, 0.6) is 0 Å². The maximum Gasteiger partial charge on any atom is 0.227 e. The van der Waals surface area contributed by atoms with Gasteiger partial charge < -0.3 is 4.90 Å². The van der Waals surface area contributed by atoms with E-state index < -0.39 is 0 Å². The fraction of sp³-hybridized carbons (Fsp3) is 0.778. The molecule has 1 aliphatic heterocycles. The highest BCUT2D eigenvalue weighted by Gasteiger charge is 2.33. The van der Waals surface area contributed by atoms with Crippen molar-refractivity contribution < 1.29 is 9.59 Å². The Bertz CT molecular complexity index is 228. The molecule has 4 heteroatoms. The highest BCUT2D eigenvalue weighted by molar-refractivity contribution is 6.64. The Hall–Kier alpha value is -0.570. The summed E-state index contributed by atoms with van der Waals surface area (Å²) >= 11 is 5.33. The molecule has 74 valence electrons. The van der Waals surface area contributed by atoms with Gasteiger partial charge in [0.1, 0.15) is 0 Å². The summed E-state index contributed by atoms with van der Waals surface area (Å²) in [5.41, 5.74) is 0. The normalized spacial score (nSPS) is 22.9. The monoisotopic (exact) mass is 203 g/mol. The van der Waals surface area contributed by atoms with Crippen LogP contribution in [-0.4, -0.2) is 29.1 Å². The van der Waals surface area contributed by atoms with E-state index in [2.05, 4.69) is 0 Å². The van der Waals surface area contributed by atoms with Crippen molar-refractivity contribution in [2.45, 2.75) is 20.3 Å². The van der Waals surface area contributed by atoms with Crippen LogP contribution in [0.4, 0.5) is 0 Å². The summed E-state index contributed by atoms with van der Waals surface area (Å²) in [6.07, 6.45) is 0.287. The molecule has 1 amide bonds. The number of hydrogen-bond acceptors (Lipinski definition) is 2. The zero-order chi connectivity index (χ0) is 10.0. The first-order chi connectivity index (χ1) is 6.00. The van der Waals surface area contributed by atoms with E-state index in [4.69, 9.17) is 11.6 Å².